The number of carbonyl (C=O) groups is 2. The molecule has 174 valence electrons. The number of hydrogen-bond donors (Lipinski definition) is 2. The first-order chi connectivity index (χ1) is 15.6. The van der Waals surface area contributed by atoms with E-state index in [9.17, 15) is 22.8 Å². The number of rotatable bonds is 4. The van der Waals surface area contributed by atoms with Gasteiger partial charge in [0.2, 0.25) is 5.91 Å². The van der Waals surface area contributed by atoms with Gasteiger partial charge in [-0.05, 0) is 25.1 Å². The van der Waals surface area contributed by atoms with Crippen molar-refractivity contribution in [1.82, 2.24) is 15.1 Å². The fraction of sp³-hybridized carbons (Fsp3) is 0.261. The molecule has 1 saturated heterocycles. The molecule has 0 bridgehead atoms. The molecule has 1 atom stereocenters. The van der Waals surface area contributed by atoms with Crippen LogP contribution in [0.4, 0.5) is 19.0 Å². The minimum atomic E-state index is -4.00. The third-order valence-corrected chi connectivity index (χ3v) is 4.47. The van der Waals surface area contributed by atoms with Crippen molar-refractivity contribution in [3.8, 4) is 16.9 Å². The predicted octanol–water partition coefficient (Wildman–Crippen LogP) is 3.87. The Labute approximate surface area is 188 Å². The molecular weight excluding hydrogens is 437 g/mol. The summed E-state index contributed by atoms with van der Waals surface area (Å²) in [5, 5.41) is 10.00. The molecule has 0 spiro atoms. The van der Waals surface area contributed by atoms with Crippen LogP contribution in [0.5, 0.6) is 0 Å². The van der Waals surface area contributed by atoms with E-state index >= 15 is 0 Å². The van der Waals surface area contributed by atoms with Crippen LogP contribution in [0.3, 0.4) is 0 Å². The Kier molecular flexibility index (Phi) is 7.49. The number of ether oxygens (including phenoxy) is 1. The van der Waals surface area contributed by atoms with Crippen molar-refractivity contribution in [2.75, 3.05) is 18.5 Å². The van der Waals surface area contributed by atoms with E-state index in [0.29, 0.717) is 5.82 Å². The molecule has 10 heteroatoms. The summed E-state index contributed by atoms with van der Waals surface area (Å²) < 4.78 is 38.1. The molecule has 4 rings (SSSR count). The highest BCUT2D eigenvalue weighted by Gasteiger charge is 2.26. The monoisotopic (exact) mass is 460 g/mol. The van der Waals surface area contributed by atoms with Crippen LogP contribution in [0, 0.1) is 6.92 Å². The fourth-order valence-corrected chi connectivity index (χ4v) is 3.09. The number of alkyl halides is 3. The number of hydrogen-bond acceptors (Lipinski definition) is 4. The second-order valence-corrected chi connectivity index (χ2v) is 7.41. The van der Waals surface area contributed by atoms with Crippen molar-refractivity contribution in [1.29, 1.82) is 0 Å². The summed E-state index contributed by atoms with van der Waals surface area (Å²) in [5.41, 5.74) is 3.89. The second-order valence-electron chi connectivity index (χ2n) is 7.41. The average Bonchev–Trinajstić information content (AvgIpc) is 3.17. The van der Waals surface area contributed by atoms with E-state index < -0.39 is 12.3 Å². The number of morpholine rings is 1. The minimum Gasteiger partial charge on any atom is -0.357 e. The number of halogens is 3. The molecule has 2 amide bonds. The van der Waals surface area contributed by atoms with Gasteiger partial charge in [-0.15, -0.1) is 5.10 Å². The largest absolute Gasteiger partial charge is 0.386 e. The Hall–Kier alpha value is -3.66. The van der Waals surface area contributed by atoms with Gasteiger partial charge >= 0.3 is 6.18 Å². The van der Waals surface area contributed by atoms with E-state index in [0.717, 1.165) is 22.5 Å². The molecule has 33 heavy (non-hydrogen) atoms. The number of aryl methyl sites for hydroxylation is 1. The van der Waals surface area contributed by atoms with Crippen molar-refractivity contribution in [2.24, 2.45) is 0 Å². The summed E-state index contributed by atoms with van der Waals surface area (Å²) >= 11 is 0. The van der Waals surface area contributed by atoms with Gasteiger partial charge < -0.3 is 15.4 Å². The third-order valence-electron chi connectivity index (χ3n) is 4.47. The van der Waals surface area contributed by atoms with Gasteiger partial charge in [0, 0.05) is 18.6 Å². The molecule has 1 unspecified atom stereocenters. The molecule has 1 fully saturated rings. The Morgan fingerprint density at radius 1 is 1.15 bits per heavy atom. The lowest BCUT2D eigenvalue weighted by Gasteiger charge is -2.21. The first-order valence-electron chi connectivity index (χ1n) is 10.1. The Bertz CT molecular complexity index is 1100. The molecular formula is C23H23F3N4O3. The molecule has 1 aliphatic heterocycles. The zero-order valence-corrected chi connectivity index (χ0v) is 18.0. The first-order valence-corrected chi connectivity index (χ1v) is 10.1. The maximum atomic E-state index is 12.5. The number of benzene rings is 2. The van der Waals surface area contributed by atoms with Crippen LogP contribution in [0.2, 0.25) is 0 Å². The van der Waals surface area contributed by atoms with Gasteiger partial charge in [-0.2, -0.15) is 13.2 Å². The van der Waals surface area contributed by atoms with Crippen LogP contribution >= 0.6 is 0 Å². The summed E-state index contributed by atoms with van der Waals surface area (Å²) in [4.78, 5) is 23.7. The first kappa shape index (κ1) is 24.0. The van der Waals surface area contributed by atoms with Gasteiger partial charge in [0.25, 0.3) is 5.91 Å². The van der Waals surface area contributed by atoms with Crippen LogP contribution in [-0.2, 0) is 14.3 Å². The second kappa shape index (κ2) is 10.3. The normalized spacial score (nSPS) is 15.8. The topological polar surface area (TPSA) is 85.2 Å². The Morgan fingerprint density at radius 2 is 1.85 bits per heavy atom. The van der Waals surface area contributed by atoms with Crippen molar-refractivity contribution >= 4 is 17.6 Å². The van der Waals surface area contributed by atoms with Gasteiger partial charge in [-0.3, -0.25) is 9.59 Å². The highest BCUT2D eigenvalue weighted by Crippen LogP contribution is 2.27. The molecule has 1 aromatic heterocycles. The van der Waals surface area contributed by atoms with Crippen molar-refractivity contribution < 1.29 is 27.5 Å². The zero-order valence-electron chi connectivity index (χ0n) is 18.0. The molecule has 2 aromatic carbocycles. The lowest BCUT2D eigenvalue weighted by atomic mass is 10.1. The van der Waals surface area contributed by atoms with Gasteiger partial charge in [-0.25, -0.2) is 4.68 Å². The van der Waals surface area contributed by atoms with Gasteiger partial charge in [-0.1, -0.05) is 42.0 Å². The molecule has 7 nitrogen and oxygen atoms in total. The Balaban J connectivity index is 0.000000555. The summed E-state index contributed by atoms with van der Waals surface area (Å²) in [5.74, 6) is -0.140. The zero-order chi connectivity index (χ0) is 24.0. The minimum absolute atomic E-state index is 0.120. The molecule has 2 heterocycles. The predicted molar refractivity (Wildman–Crippen MR) is 117 cm³/mol. The highest BCUT2D eigenvalue weighted by atomic mass is 19.4. The molecule has 2 N–H and O–H groups in total. The van der Waals surface area contributed by atoms with Crippen molar-refractivity contribution in [3.05, 3.63) is 66.2 Å². The van der Waals surface area contributed by atoms with Gasteiger partial charge in [0.05, 0.1) is 17.9 Å². The van der Waals surface area contributed by atoms with Crippen LogP contribution in [0.1, 0.15) is 12.5 Å². The van der Waals surface area contributed by atoms with E-state index in [1.165, 1.54) is 0 Å². The quantitative estimate of drug-likeness (QED) is 0.619. The highest BCUT2D eigenvalue weighted by molar-refractivity contribution is 5.95. The molecule has 1 aliphatic rings. The number of nitrogens with zero attached hydrogens (tertiary/aromatic N) is 2. The van der Waals surface area contributed by atoms with E-state index in [1.807, 2.05) is 61.5 Å². The van der Waals surface area contributed by atoms with Crippen LogP contribution in [-0.4, -0.2) is 47.0 Å². The van der Waals surface area contributed by atoms with Crippen LogP contribution in [0.15, 0.2) is 60.7 Å². The summed E-state index contributed by atoms with van der Waals surface area (Å²) in [6, 6.07) is 19.7. The number of carbonyl (C=O) groups excluding carboxylic acids is 2. The van der Waals surface area contributed by atoms with Gasteiger partial charge in [0.1, 0.15) is 6.61 Å². The SMILES string of the molecule is CC(F)(F)F.Cc1cccc(-c2cc(NC(=O)C3CNC(=O)CO3)nn2-c2ccccc2)c1. The smallest absolute Gasteiger partial charge is 0.357 e. The van der Waals surface area contributed by atoms with Crippen LogP contribution in [0.25, 0.3) is 16.9 Å². The molecule has 0 radical (unpaired) electrons. The maximum absolute atomic E-state index is 12.5. The van der Waals surface area contributed by atoms with E-state index in [2.05, 4.69) is 21.8 Å². The van der Waals surface area contributed by atoms with E-state index in [-0.39, 0.29) is 31.9 Å². The summed E-state index contributed by atoms with van der Waals surface area (Å²) in [6.45, 7) is 2.25. The summed E-state index contributed by atoms with van der Waals surface area (Å²) in [7, 11) is 0. The van der Waals surface area contributed by atoms with Crippen LogP contribution < -0.4 is 10.6 Å². The summed E-state index contributed by atoms with van der Waals surface area (Å²) in [6.07, 6.45) is -4.73. The molecule has 0 aliphatic carbocycles. The van der Waals surface area contributed by atoms with E-state index in [1.54, 1.807) is 4.68 Å². The lowest BCUT2D eigenvalue weighted by Crippen LogP contribution is -2.48. The lowest BCUT2D eigenvalue weighted by molar-refractivity contribution is -0.140. The standard InChI is InChI=1S/C21H20N4O3.C2H3F3/c1-14-6-5-7-15(10-14)17-11-19(24-25(17)16-8-3-2-4-9-16)23-21(27)18-12-22-20(26)13-28-18;1-2(3,4)5/h2-11,18H,12-13H2,1H3,(H,22,26)(H,23,24,27);1H3. The molecule has 0 saturated carbocycles. The maximum Gasteiger partial charge on any atom is 0.386 e. The van der Waals surface area contributed by atoms with Crippen molar-refractivity contribution in [2.45, 2.75) is 26.1 Å². The van der Waals surface area contributed by atoms with E-state index in [4.69, 9.17) is 4.74 Å². The fourth-order valence-electron chi connectivity index (χ4n) is 3.09. The Morgan fingerprint density at radius 3 is 2.45 bits per heavy atom. The van der Waals surface area contributed by atoms with Crippen molar-refractivity contribution in [3.63, 3.8) is 0 Å². The average molecular weight is 460 g/mol. The number of para-hydroxylation sites is 1. The number of aromatic nitrogens is 2. The third kappa shape index (κ3) is 7.18. The number of anilines is 1. The molecule has 3 aromatic rings. The number of amides is 2. The number of nitrogens with one attached hydrogen (secondary N) is 2. The van der Waals surface area contributed by atoms with Gasteiger partial charge in [0.15, 0.2) is 11.9 Å².